The van der Waals surface area contributed by atoms with E-state index in [4.69, 9.17) is 23.2 Å². The number of rotatable bonds is 5. The molecule has 0 saturated carbocycles. The summed E-state index contributed by atoms with van der Waals surface area (Å²) in [6.07, 6.45) is 5.20. The highest BCUT2D eigenvalue weighted by atomic mass is 35.5. The van der Waals surface area contributed by atoms with Gasteiger partial charge in [0.25, 0.3) is 5.91 Å². The average molecular weight is 489 g/mol. The van der Waals surface area contributed by atoms with Crippen LogP contribution in [0.2, 0.25) is 10.0 Å². The molecule has 0 aliphatic rings. The number of aromatic amines is 1. The van der Waals surface area contributed by atoms with Crippen molar-refractivity contribution >= 4 is 40.0 Å². The molecule has 8 heteroatoms. The van der Waals surface area contributed by atoms with E-state index in [-0.39, 0.29) is 17.9 Å². The van der Waals surface area contributed by atoms with Crippen molar-refractivity contribution in [1.82, 2.24) is 20.1 Å². The molecule has 0 aliphatic carbocycles. The van der Waals surface area contributed by atoms with E-state index in [1.807, 2.05) is 34.9 Å². The second-order valence-corrected chi connectivity index (χ2v) is 8.56. The van der Waals surface area contributed by atoms with Crippen LogP contribution < -0.4 is 10.7 Å². The summed E-state index contributed by atoms with van der Waals surface area (Å²) in [5.74, 6) is -0.279. The molecule has 168 valence electrons. The third kappa shape index (κ3) is 4.21. The molecule has 2 aromatic heterocycles. The van der Waals surface area contributed by atoms with Gasteiger partial charge in [0.15, 0.2) is 5.43 Å². The smallest absolute Gasteiger partial charge is 0.251 e. The van der Waals surface area contributed by atoms with Gasteiger partial charge in [0.2, 0.25) is 0 Å². The predicted molar refractivity (Wildman–Crippen MR) is 135 cm³/mol. The van der Waals surface area contributed by atoms with E-state index >= 15 is 0 Å². The summed E-state index contributed by atoms with van der Waals surface area (Å²) in [5.41, 5.74) is 3.97. The minimum absolute atomic E-state index is 0.0597. The Morgan fingerprint density at radius 1 is 1.00 bits per heavy atom. The Labute approximate surface area is 204 Å². The second kappa shape index (κ2) is 9.17. The number of halogens is 2. The average Bonchev–Trinajstić information content (AvgIpc) is 3.39. The first-order valence-electron chi connectivity index (χ1n) is 10.5. The van der Waals surface area contributed by atoms with Crippen LogP contribution in [0, 0.1) is 0 Å². The molecule has 34 heavy (non-hydrogen) atoms. The van der Waals surface area contributed by atoms with Gasteiger partial charge in [-0.3, -0.25) is 14.7 Å². The van der Waals surface area contributed by atoms with Gasteiger partial charge in [0, 0.05) is 46.0 Å². The quantitative estimate of drug-likeness (QED) is 0.337. The predicted octanol–water partition coefficient (Wildman–Crippen LogP) is 5.62. The lowest BCUT2D eigenvalue weighted by Gasteiger charge is -2.15. The lowest BCUT2D eigenvalue weighted by atomic mass is 10.1. The molecular weight excluding hydrogens is 471 g/mol. The third-order valence-corrected chi connectivity index (χ3v) is 6.13. The van der Waals surface area contributed by atoms with E-state index in [9.17, 15) is 9.59 Å². The van der Waals surface area contributed by atoms with Gasteiger partial charge in [-0.25, -0.2) is 0 Å². The lowest BCUT2D eigenvalue weighted by molar-refractivity contribution is 0.0951. The summed E-state index contributed by atoms with van der Waals surface area (Å²) >= 11 is 12.7. The molecule has 0 bridgehead atoms. The zero-order valence-corrected chi connectivity index (χ0v) is 19.3. The van der Waals surface area contributed by atoms with Crippen molar-refractivity contribution in [3.05, 3.63) is 117 Å². The zero-order chi connectivity index (χ0) is 23.7. The molecule has 2 heterocycles. The van der Waals surface area contributed by atoms with Crippen LogP contribution in [-0.4, -0.2) is 20.7 Å². The topological polar surface area (TPSA) is 79.8 Å². The van der Waals surface area contributed by atoms with Crippen molar-refractivity contribution in [2.45, 2.75) is 6.54 Å². The summed E-state index contributed by atoms with van der Waals surface area (Å²) < 4.78 is 1.83. The molecule has 0 atom stereocenters. The Bertz CT molecular complexity index is 1560. The third-order valence-electron chi connectivity index (χ3n) is 5.57. The number of fused-ring (bicyclic) bond motifs is 1. The molecule has 1 amide bonds. The van der Waals surface area contributed by atoms with E-state index < -0.39 is 0 Å². The Morgan fingerprint density at radius 3 is 2.53 bits per heavy atom. The normalized spacial score (nSPS) is 11.0. The summed E-state index contributed by atoms with van der Waals surface area (Å²) in [4.78, 5) is 26.0. The number of para-hydroxylation sites is 1. The second-order valence-electron chi connectivity index (χ2n) is 7.71. The van der Waals surface area contributed by atoms with Gasteiger partial charge in [-0.15, -0.1) is 0 Å². The van der Waals surface area contributed by atoms with Gasteiger partial charge >= 0.3 is 0 Å². The van der Waals surface area contributed by atoms with Gasteiger partial charge in [-0.1, -0.05) is 47.5 Å². The number of hydrogen-bond acceptors (Lipinski definition) is 3. The summed E-state index contributed by atoms with van der Waals surface area (Å²) in [7, 11) is 0. The molecule has 0 saturated heterocycles. The Morgan fingerprint density at radius 2 is 1.79 bits per heavy atom. The minimum Gasteiger partial charge on any atom is -0.348 e. The first-order chi connectivity index (χ1) is 16.5. The summed E-state index contributed by atoms with van der Waals surface area (Å²) in [6.45, 7) is 0.0597. The van der Waals surface area contributed by atoms with Crippen molar-refractivity contribution < 1.29 is 4.79 Å². The number of carbonyl (C=O) groups is 1. The molecular formula is C26H18Cl2N4O2. The van der Waals surface area contributed by atoms with E-state index in [2.05, 4.69) is 15.5 Å². The number of nitrogens with one attached hydrogen (secondary N) is 2. The number of nitrogens with zero attached hydrogens (tertiary/aromatic N) is 2. The van der Waals surface area contributed by atoms with E-state index in [0.29, 0.717) is 37.8 Å². The fourth-order valence-electron chi connectivity index (χ4n) is 3.83. The van der Waals surface area contributed by atoms with Crippen LogP contribution in [0.25, 0.3) is 27.7 Å². The van der Waals surface area contributed by atoms with Crippen LogP contribution >= 0.6 is 23.2 Å². The first kappa shape index (κ1) is 21.9. The van der Waals surface area contributed by atoms with Crippen LogP contribution in [0.5, 0.6) is 0 Å². The molecule has 0 fully saturated rings. The van der Waals surface area contributed by atoms with Crippen LogP contribution in [-0.2, 0) is 6.54 Å². The van der Waals surface area contributed by atoms with Crippen LogP contribution in [0.3, 0.4) is 0 Å². The number of pyridine rings is 1. The van der Waals surface area contributed by atoms with Gasteiger partial charge < -0.3 is 9.88 Å². The minimum atomic E-state index is -0.279. The number of benzene rings is 3. The van der Waals surface area contributed by atoms with Crippen molar-refractivity contribution in [2.75, 3.05) is 0 Å². The summed E-state index contributed by atoms with van der Waals surface area (Å²) in [6, 6.07) is 19.6. The lowest BCUT2D eigenvalue weighted by Crippen LogP contribution is -2.27. The van der Waals surface area contributed by atoms with Crippen molar-refractivity contribution in [2.24, 2.45) is 0 Å². The molecule has 0 aliphatic heterocycles. The van der Waals surface area contributed by atoms with Crippen LogP contribution in [0.1, 0.15) is 15.9 Å². The number of aromatic nitrogens is 3. The standard InChI is InChI=1S/C26H18Cl2N4O2/c27-20-9-10-21-24(11-20)32(23-4-2-1-3-22(23)28)15-19(25(21)33)12-29-26(34)17-7-5-16(6-8-17)18-13-30-31-14-18/h1-11,13-15H,12H2,(H,29,34)(H,30,31). The SMILES string of the molecule is O=C(NCc1cn(-c2ccccc2Cl)c2cc(Cl)ccc2c1=O)c1ccc(-c2cn[nH]c2)cc1. The van der Waals surface area contributed by atoms with Gasteiger partial charge in [0.1, 0.15) is 0 Å². The van der Waals surface area contributed by atoms with Crippen molar-refractivity contribution in [1.29, 1.82) is 0 Å². The van der Waals surface area contributed by atoms with Crippen molar-refractivity contribution in [3.8, 4) is 16.8 Å². The fourth-order valence-corrected chi connectivity index (χ4v) is 4.22. The van der Waals surface area contributed by atoms with Crippen LogP contribution in [0.15, 0.2) is 90.1 Å². The Hall–Kier alpha value is -3.87. The van der Waals surface area contributed by atoms with Crippen LogP contribution in [0.4, 0.5) is 0 Å². The molecule has 6 nitrogen and oxygen atoms in total. The van der Waals surface area contributed by atoms with E-state index in [0.717, 1.165) is 11.1 Å². The molecule has 3 aromatic carbocycles. The van der Waals surface area contributed by atoms with E-state index in [1.54, 1.807) is 55.0 Å². The number of amides is 1. The van der Waals surface area contributed by atoms with Gasteiger partial charge in [-0.2, -0.15) is 5.10 Å². The monoisotopic (exact) mass is 488 g/mol. The molecule has 5 rings (SSSR count). The Balaban J connectivity index is 1.46. The first-order valence-corrected chi connectivity index (χ1v) is 11.2. The van der Waals surface area contributed by atoms with Gasteiger partial charge in [0.05, 0.1) is 22.4 Å². The van der Waals surface area contributed by atoms with E-state index in [1.165, 1.54) is 0 Å². The fraction of sp³-hybridized carbons (Fsp3) is 0.0385. The molecule has 5 aromatic rings. The zero-order valence-electron chi connectivity index (χ0n) is 17.8. The highest BCUT2D eigenvalue weighted by Gasteiger charge is 2.14. The Kier molecular flexibility index (Phi) is 5.92. The maximum absolute atomic E-state index is 13.2. The molecule has 2 N–H and O–H groups in total. The maximum Gasteiger partial charge on any atom is 0.251 e. The maximum atomic E-state index is 13.2. The largest absolute Gasteiger partial charge is 0.348 e. The highest BCUT2D eigenvalue weighted by molar-refractivity contribution is 6.32. The number of hydrogen-bond donors (Lipinski definition) is 2. The molecule has 0 unspecified atom stereocenters. The van der Waals surface area contributed by atoms with Gasteiger partial charge in [-0.05, 0) is 48.0 Å². The number of carbonyl (C=O) groups excluding carboxylic acids is 1. The molecule has 0 spiro atoms. The molecule has 0 radical (unpaired) electrons. The van der Waals surface area contributed by atoms with Crippen molar-refractivity contribution in [3.63, 3.8) is 0 Å². The summed E-state index contributed by atoms with van der Waals surface area (Å²) in [5, 5.41) is 11.1. The number of H-pyrrole nitrogens is 1. The highest BCUT2D eigenvalue weighted by Crippen LogP contribution is 2.26.